The maximum atomic E-state index is 12.1. The zero-order chi connectivity index (χ0) is 13.1. The molecule has 4 N–H and O–H groups in total. The van der Waals surface area contributed by atoms with Crippen molar-refractivity contribution in [2.75, 3.05) is 13.1 Å². The predicted octanol–water partition coefficient (Wildman–Crippen LogP) is 1.86. The maximum absolute atomic E-state index is 12.1. The Bertz CT molecular complexity index is 572. The molecule has 0 saturated heterocycles. The van der Waals surface area contributed by atoms with Crippen molar-refractivity contribution in [3.8, 4) is 0 Å². The fourth-order valence-corrected chi connectivity index (χ4v) is 2.13. The van der Waals surface area contributed by atoms with Crippen LogP contribution in [0.15, 0.2) is 18.2 Å². The van der Waals surface area contributed by atoms with Gasteiger partial charge in [0.2, 0.25) is 0 Å². The average molecular weight is 245 g/mol. The molecule has 0 spiro atoms. The van der Waals surface area contributed by atoms with E-state index in [2.05, 4.69) is 16.4 Å². The fraction of sp³-hybridized carbons (Fsp3) is 0.357. The SMILES string of the molecule is Cc1ccc2c(C(=O)NCCCN)c(C)[nH]c2c1. The van der Waals surface area contributed by atoms with Crippen LogP contribution in [0.1, 0.15) is 28.0 Å². The van der Waals surface area contributed by atoms with E-state index in [0.717, 1.165) is 28.6 Å². The number of aromatic amines is 1. The highest BCUT2D eigenvalue weighted by Gasteiger charge is 2.15. The molecule has 18 heavy (non-hydrogen) atoms. The third-order valence-electron chi connectivity index (χ3n) is 3.04. The van der Waals surface area contributed by atoms with Crippen molar-refractivity contribution in [2.45, 2.75) is 20.3 Å². The van der Waals surface area contributed by atoms with E-state index in [9.17, 15) is 4.79 Å². The van der Waals surface area contributed by atoms with Crippen LogP contribution < -0.4 is 11.1 Å². The number of hydrogen-bond acceptors (Lipinski definition) is 2. The molecule has 1 heterocycles. The Kier molecular flexibility index (Phi) is 3.67. The van der Waals surface area contributed by atoms with Crippen LogP contribution in [-0.4, -0.2) is 24.0 Å². The molecule has 0 aliphatic carbocycles. The third kappa shape index (κ3) is 2.38. The molecule has 4 heteroatoms. The smallest absolute Gasteiger partial charge is 0.253 e. The first kappa shape index (κ1) is 12.6. The second kappa shape index (κ2) is 5.23. The van der Waals surface area contributed by atoms with Crippen molar-refractivity contribution in [1.29, 1.82) is 0 Å². The monoisotopic (exact) mass is 245 g/mol. The van der Waals surface area contributed by atoms with Gasteiger partial charge in [0, 0.05) is 23.1 Å². The van der Waals surface area contributed by atoms with Crippen LogP contribution in [0.2, 0.25) is 0 Å². The first-order valence-corrected chi connectivity index (χ1v) is 6.20. The molecule has 0 bridgehead atoms. The van der Waals surface area contributed by atoms with Gasteiger partial charge in [-0.3, -0.25) is 4.79 Å². The summed E-state index contributed by atoms with van der Waals surface area (Å²) in [5, 5.41) is 3.87. The predicted molar refractivity (Wildman–Crippen MR) is 73.8 cm³/mol. The minimum absolute atomic E-state index is 0.0314. The van der Waals surface area contributed by atoms with Crippen molar-refractivity contribution in [3.05, 3.63) is 35.0 Å². The van der Waals surface area contributed by atoms with Crippen LogP contribution >= 0.6 is 0 Å². The van der Waals surface area contributed by atoms with Crippen LogP contribution in [0.25, 0.3) is 10.9 Å². The van der Waals surface area contributed by atoms with E-state index in [1.165, 1.54) is 5.56 Å². The number of nitrogens with one attached hydrogen (secondary N) is 2. The lowest BCUT2D eigenvalue weighted by molar-refractivity contribution is 0.0954. The number of carbonyl (C=O) groups excluding carboxylic acids is 1. The van der Waals surface area contributed by atoms with Crippen molar-refractivity contribution in [3.63, 3.8) is 0 Å². The molecule has 0 aliphatic rings. The summed E-state index contributed by atoms with van der Waals surface area (Å²) in [6.07, 6.45) is 0.798. The second-order valence-corrected chi connectivity index (χ2v) is 4.57. The molecule has 0 saturated carbocycles. The zero-order valence-electron chi connectivity index (χ0n) is 10.8. The Morgan fingerprint density at radius 1 is 1.39 bits per heavy atom. The largest absolute Gasteiger partial charge is 0.358 e. The van der Waals surface area contributed by atoms with E-state index in [1.807, 2.05) is 26.0 Å². The summed E-state index contributed by atoms with van der Waals surface area (Å²) in [5.74, 6) is -0.0314. The average Bonchev–Trinajstić information content (AvgIpc) is 2.64. The fourth-order valence-electron chi connectivity index (χ4n) is 2.13. The lowest BCUT2D eigenvalue weighted by Crippen LogP contribution is -2.26. The van der Waals surface area contributed by atoms with Crippen LogP contribution in [-0.2, 0) is 0 Å². The van der Waals surface area contributed by atoms with E-state index < -0.39 is 0 Å². The minimum atomic E-state index is -0.0314. The molecule has 2 rings (SSSR count). The van der Waals surface area contributed by atoms with Gasteiger partial charge in [0.05, 0.1) is 5.56 Å². The number of fused-ring (bicyclic) bond motifs is 1. The number of aromatic nitrogens is 1. The Labute approximate surface area is 107 Å². The van der Waals surface area contributed by atoms with E-state index in [-0.39, 0.29) is 5.91 Å². The van der Waals surface area contributed by atoms with Gasteiger partial charge in [0.1, 0.15) is 0 Å². The van der Waals surface area contributed by atoms with Crippen LogP contribution in [0.3, 0.4) is 0 Å². The number of nitrogens with two attached hydrogens (primary N) is 1. The zero-order valence-corrected chi connectivity index (χ0v) is 10.8. The Morgan fingerprint density at radius 2 is 2.17 bits per heavy atom. The van der Waals surface area contributed by atoms with Gasteiger partial charge in [0.25, 0.3) is 5.91 Å². The van der Waals surface area contributed by atoms with Crippen molar-refractivity contribution in [2.24, 2.45) is 5.73 Å². The van der Waals surface area contributed by atoms with Gasteiger partial charge >= 0.3 is 0 Å². The van der Waals surface area contributed by atoms with Gasteiger partial charge in [-0.15, -0.1) is 0 Å². The number of aryl methyl sites for hydroxylation is 2. The molecule has 2 aromatic rings. The molecule has 1 amide bonds. The van der Waals surface area contributed by atoms with Gasteiger partial charge in [0.15, 0.2) is 0 Å². The summed E-state index contributed by atoms with van der Waals surface area (Å²) in [4.78, 5) is 15.4. The summed E-state index contributed by atoms with van der Waals surface area (Å²) < 4.78 is 0. The summed E-state index contributed by atoms with van der Waals surface area (Å²) in [5.41, 5.74) is 9.24. The highest BCUT2D eigenvalue weighted by atomic mass is 16.1. The molecule has 0 aliphatic heterocycles. The van der Waals surface area contributed by atoms with Gasteiger partial charge in [-0.1, -0.05) is 12.1 Å². The molecule has 1 aromatic heterocycles. The molecular formula is C14H19N3O. The number of benzene rings is 1. The third-order valence-corrected chi connectivity index (χ3v) is 3.04. The minimum Gasteiger partial charge on any atom is -0.358 e. The van der Waals surface area contributed by atoms with Crippen LogP contribution in [0.5, 0.6) is 0 Å². The molecular weight excluding hydrogens is 226 g/mol. The summed E-state index contributed by atoms with van der Waals surface area (Å²) in [6, 6.07) is 6.07. The number of amides is 1. The van der Waals surface area contributed by atoms with E-state index in [4.69, 9.17) is 5.73 Å². The van der Waals surface area contributed by atoms with Gasteiger partial charge < -0.3 is 16.0 Å². The molecule has 0 radical (unpaired) electrons. The van der Waals surface area contributed by atoms with Crippen molar-refractivity contribution < 1.29 is 4.79 Å². The van der Waals surface area contributed by atoms with E-state index in [0.29, 0.717) is 13.1 Å². The van der Waals surface area contributed by atoms with E-state index in [1.54, 1.807) is 0 Å². The van der Waals surface area contributed by atoms with Crippen molar-refractivity contribution in [1.82, 2.24) is 10.3 Å². The lowest BCUT2D eigenvalue weighted by Gasteiger charge is -2.04. The quantitative estimate of drug-likeness (QED) is 0.719. The topological polar surface area (TPSA) is 70.9 Å². The van der Waals surface area contributed by atoms with Gasteiger partial charge in [-0.2, -0.15) is 0 Å². The highest BCUT2D eigenvalue weighted by molar-refractivity contribution is 6.08. The standard InChI is InChI=1S/C14H19N3O/c1-9-4-5-11-12(8-9)17-10(2)13(11)14(18)16-7-3-6-15/h4-5,8,17H,3,6-7,15H2,1-2H3,(H,16,18). The number of H-pyrrole nitrogens is 1. The molecule has 1 aromatic carbocycles. The van der Waals surface area contributed by atoms with Gasteiger partial charge in [-0.05, 0) is 38.4 Å². The molecule has 0 fully saturated rings. The Morgan fingerprint density at radius 3 is 2.89 bits per heavy atom. The van der Waals surface area contributed by atoms with Crippen LogP contribution in [0, 0.1) is 13.8 Å². The Hall–Kier alpha value is -1.81. The molecule has 4 nitrogen and oxygen atoms in total. The maximum Gasteiger partial charge on any atom is 0.253 e. The first-order chi connectivity index (χ1) is 8.63. The van der Waals surface area contributed by atoms with Crippen LogP contribution in [0.4, 0.5) is 0 Å². The summed E-state index contributed by atoms with van der Waals surface area (Å²) >= 11 is 0. The molecule has 0 unspecified atom stereocenters. The number of carbonyl (C=O) groups is 1. The molecule has 0 atom stereocenters. The molecule has 96 valence electrons. The van der Waals surface area contributed by atoms with Gasteiger partial charge in [-0.25, -0.2) is 0 Å². The first-order valence-electron chi connectivity index (χ1n) is 6.20. The number of hydrogen-bond donors (Lipinski definition) is 3. The lowest BCUT2D eigenvalue weighted by atomic mass is 10.1. The second-order valence-electron chi connectivity index (χ2n) is 4.57. The summed E-state index contributed by atoms with van der Waals surface area (Å²) in [6.45, 7) is 5.17. The summed E-state index contributed by atoms with van der Waals surface area (Å²) in [7, 11) is 0. The van der Waals surface area contributed by atoms with E-state index >= 15 is 0 Å². The van der Waals surface area contributed by atoms with Crippen molar-refractivity contribution >= 4 is 16.8 Å². The number of rotatable bonds is 4. The highest BCUT2D eigenvalue weighted by Crippen LogP contribution is 2.22. The Balaban J connectivity index is 2.32. The normalized spacial score (nSPS) is 10.8.